The first-order chi connectivity index (χ1) is 8.18. The third-order valence-electron chi connectivity index (χ3n) is 3.56. The standard InChI is InChI=1S/C13H23N3O/c1-4-6-10(14-5-2)9-11-15-12(16-17-11)13(3)7-8-13/h10,14H,4-9H2,1-3H3. The predicted molar refractivity (Wildman–Crippen MR) is 67.0 cm³/mol. The van der Waals surface area contributed by atoms with Crippen LogP contribution in [0.2, 0.25) is 0 Å². The molecule has 0 radical (unpaired) electrons. The van der Waals surface area contributed by atoms with E-state index in [1.807, 2.05) is 0 Å². The zero-order chi connectivity index (χ0) is 12.3. The monoisotopic (exact) mass is 237 g/mol. The molecule has 2 rings (SSSR count). The Morgan fingerprint density at radius 3 is 2.76 bits per heavy atom. The van der Waals surface area contributed by atoms with E-state index in [-0.39, 0.29) is 5.41 Å². The van der Waals surface area contributed by atoms with E-state index in [0.29, 0.717) is 6.04 Å². The van der Waals surface area contributed by atoms with Gasteiger partial charge in [0.1, 0.15) is 0 Å². The Bertz CT molecular complexity index is 351. The molecule has 0 spiro atoms. The number of nitrogens with zero attached hydrogens (tertiary/aromatic N) is 2. The van der Waals surface area contributed by atoms with Crippen LogP contribution in [0.3, 0.4) is 0 Å². The van der Waals surface area contributed by atoms with Crippen molar-refractivity contribution in [1.29, 1.82) is 0 Å². The predicted octanol–water partition coefficient (Wildman–Crippen LogP) is 2.44. The first-order valence-corrected chi connectivity index (χ1v) is 6.74. The number of aromatic nitrogens is 2. The van der Waals surface area contributed by atoms with Gasteiger partial charge in [-0.15, -0.1) is 0 Å². The van der Waals surface area contributed by atoms with Crippen molar-refractivity contribution in [3.63, 3.8) is 0 Å². The zero-order valence-electron chi connectivity index (χ0n) is 11.1. The van der Waals surface area contributed by atoms with Crippen molar-refractivity contribution in [3.8, 4) is 0 Å². The molecule has 17 heavy (non-hydrogen) atoms. The first kappa shape index (κ1) is 12.6. The van der Waals surface area contributed by atoms with Gasteiger partial charge in [-0.3, -0.25) is 0 Å². The molecule has 0 bridgehead atoms. The lowest BCUT2D eigenvalue weighted by Gasteiger charge is -2.14. The molecule has 1 aliphatic rings. The summed E-state index contributed by atoms with van der Waals surface area (Å²) in [5, 5.41) is 7.58. The Kier molecular flexibility index (Phi) is 3.82. The average Bonchev–Trinajstić information content (AvgIpc) is 2.88. The van der Waals surface area contributed by atoms with E-state index < -0.39 is 0 Å². The van der Waals surface area contributed by atoms with Gasteiger partial charge in [-0.25, -0.2) is 0 Å². The minimum absolute atomic E-state index is 0.209. The van der Waals surface area contributed by atoms with Crippen molar-refractivity contribution in [3.05, 3.63) is 11.7 Å². The van der Waals surface area contributed by atoms with Crippen molar-refractivity contribution < 1.29 is 4.52 Å². The van der Waals surface area contributed by atoms with Crippen LogP contribution >= 0.6 is 0 Å². The van der Waals surface area contributed by atoms with Crippen LogP contribution in [0.25, 0.3) is 0 Å². The molecule has 1 fully saturated rings. The van der Waals surface area contributed by atoms with E-state index in [0.717, 1.165) is 31.1 Å². The van der Waals surface area contributed by atoms with Gasteiger partial charge >= 0.3 is 0 Å². The van der Waals surface area contributed by atoms with E-state index in [4.69, 9.17) is 4.52 Å². The number of nitrogens with one attached hydrogen (secondary N) is 1. The highest BCUT2D eigenvalue weighted by Crippen LogP contribution is 2.45. The maximum Gasteiger partial charge on any atom is 0.228 e. The molecule has 1 heterocycles. The minimum atomic E-state index is 0.209. The highest BCUT2D eigenvalue weighted by molar-refractivity contribution is 5.14. The molecule has 0 aliphatic heterocycles. The Hall–Kier alpha value is -0.900. The average molecular weight is 237 g/mol. The third-order valence-corrected chi connectivity index (χ3v) is 3.56. The maximum absolute atomic E-state index is 5.35. The lowest BCUT2D eigenvalue weighted by Crippen LogP contribution is -2.30. The van der Waals surface area contributed by atoms with Crippen LogP contribution in [0.1, 0.15) is 58.2 Å². The van der Waals surface area contributed by atoms with Crippen LogP contribution < -0.4 is 5.32 Å². The van der Waals surface area contributed by atoms with Gasteiger partial charge in [0.25, 0.3) is 0 Å². The molecule has 0 aromatic carbocycles. The molecule has 1 atom stereocenters. The molecule has 4 nitrogen and oxygen atoms in total. The van der Waals surface area contributed by atoms with E-state index >= 15 is 0 Å². The van der Waals surface area contributed by atoms with Crippen LogP contribution in [-0.2, 0) is 11.8 Å². The quantitative estimate of drug-likeness (QED) is 0.791. The lowest BCUT2D eigenvalue weighted by molar-refractivity contribution is 0.346. The molecule has 1 unspecified atom stereocenters. The van der Waals surface area contributed by atoms with E-state index in [9.17, 15) is 0 Å². The molecule has 1 saturated carbocycles. The fourth-order valence-electron chi connectivity index (χ4n) is 2.12. The summed E-state index contributed by atoms with van der Waals surface area (Å²) >= 11 is 0. The lowest BCUT2D eigenvalue weighted by atomic mass is 10.1. The summed E-state index contributed by atoms with van der Waals surface area (Å²) in [5.74, 6) is 1.69. The van der Waals surface area contributed by atoms with E-state index in [1.54, 1.807) is 0 Å². The normalized spacial score (nSPS) is 19.2. The molecular formula is C13H23N3O. The van der Waals surface area contributed by atoms with Crippen LogP contribution in [0.4, 0.5) is 0 Å². The van der Waals surface area contributed by atoms with Crippen molar-refractivity contribution in [2.75, 3.05) is 6.54 Å². The van der Waals surface area contributed by atoms with Crippen molar-refractivity contribution >= 4 is 0 Å². The summed E-state index contributed by atoms with van der Waals surface area (Å²) in [4.78, 5) is 4.53. The molecule has 1 aliphatic carbocycles. The Labute approximate surface area is 103 Å². The van der Waals surface area contributed by atoms with Crippen molar-refractivity contribution in [1.82, 2.24) is 15.5 Å². The minimum Gasteiger partial charge on any atom is -0.339 e. The van der Waals surface area contributed by atoms with Crippen LogP contribution in [0.5, 0.6) is 0 Å². The fourth-order valence-corrected chi connectivity index (χ4v) is 2.12. The molecule has 96 valence electrons. The third kappa shape index (κ3) is 3.06. The van der Waals surface area contributed by atoms with Gasteiger partial charge in [0.05, 0.1) is 0 Å². The molecule has 1 N–H and O–H groups in total. The van der Waals surface area contributed by atoms with Gasteiger partial charge in [0, 0.05) is 17.9 Å². The summed E-state index contributed by atoms with van der Waals surface area (Å²) in [5.41, 5.74) is 0.209. The second kappa shape index (κ2) is 5.17. The van der Waals surface area contributed by atoms with Crippen LogP contribution in [0.15, 0.2) is 4.52 Å². The zero-order valence-corrected chi connectivity index (χ0v) is 11.1. The Balaban J connectivity index is 1.94. The summed E-state index contributed by atoms with van der Waals surface area (Å²) < 4.78 is 5.35. The smallest absolute Gasteiger partial charge is 0.228 e. The molecule has 1 aromatic rings. The SMILES string of the molecule is CCCC(Cc1nc(C2(C)CC2)no1)NCC. The van der Waals surface area contributed by atoms with Gasteiger partial charge in [0.15, 0.2) is 5.82 Å². The molecule has 0 saturated heterocycles. The van der Waals surface area contributed by atoms with Crippen molar-refractivity contribution in [2.45, 2.75) is 64.3 Å². The molecule has 0 amide bonds. The number of hydrogen-bond acceptors (Lipinski definition) is 4. The first-order valence-electron chi connectivity index (χ1n) is 6.74. The van der Waals surface area contributed by atoms with Crippen LogP contribution in [0, 0.1) is 0 Å². The van der Waals surface area contributed by atoms with Gasteiger partial charge < -0.3 is 9.84 Å². The Morgan fingerprint density at radius 1 is 1.41 bits per heavy atom. The summed E-state index contributed by atoms with van der Waals surface area (Å²) in [6.45, 7) is 7.53. The highest BCUT2D eigenvalue weighted by Gasteiger charge is 2.43. The Morgan fingerprint density at radius 2 is 2.18 bits per heavy atom. The summed E-state index contributed by atoms with van der Waals surface area (Å²) in [6.07, 6.45) is 5.57. The molecular weight excluding hydrogens is 214 g/mol. The number of rotatable bonds is 7. The molecule has 1 aromatic heterocycles. The number of likely N-dealkylation sites (N-methyl/N-ethyl adjacent to an activating group) is 1. The second-order valence-electron chi connectivity index (χ2n) is 5.32. The van der Waals surface area contributed by atoms with Gasteiger partial charge in [0.2, 0.25) is 5.89 Å². The van der Waals surface area contributed by atoms with E-state index in [2.05, 4.69) is 36.2 Å². The van der Waals surface area contributed by atoms with Gasteiger partial charge in [-0.2, -0.15) is 4.98 Å². The van der Waals surface area contributed by atoms with Crippen molar-refractivity contribution in [2.24, 2.45) is 0 Å². The fraction of sp³-hybridized carbons (Fsp3) is 0.846. The summed E-state index contributed by atoms with van der Waals surface area (Å²) in [6, 6.07) is 0.463. The van der Waals surface area contributed by atoms with Gasteiger partial charge in [-0.05, 0) is 25.8 Å². The maximum atomic E-state index is 5.35. The van der Waals surface area contributed by atoms with Gasteiger partial charge in [-0.1, -0.05) is 32.3 Å². The van der Waals surface area contributed by atoms with Crippen LogP contribution in [-0.4, -0.2) is 22.7 Å². The topological polar surface area (TPSA) is 51.0 Å². The second-order valence-corrected chi connectivity index (χ2v) is 5.32. The number of hydrogen-bond donors (Lipinski definition) is 1. The highest BCUT2D eigenvalue weighted by atomic mass is 16.5. The molecule has 4 heteroatoms. The largest absolute Gasteiger partial charge is 0.339 e. The van der Waals surface area contributed by atoms with E-state index in [1.165, 1.54) is 19.3 Å². The summed E-state index contributed by atoms with van der Waals surface area (Å²) in [7, 11) is 0.